The summed E-state index contributed by atoms with van der Waals surface area (Å²) in [5.41, 5.74) is 2.71. The molecular weight excluding hydrogens is 532 g/mol. The van der Waals surface area contributed by atoms with Crippen LogP contribution in [0.2, 0.25) is 0 Å². The second kappa shape index (κ2) is 19.8. The Hall–Kier alpha value is -1.28. The maximum absolute atomic E-state index is 6.93. The normalized spacial score (nSPS) is 22.8. The summed E-state index contributed by atoms with van der Waals surface area (Å²) in [4.78, 5) is 2.53. The first kappa shape index (κ1) is 34.2. The average Bonchev–Trinajstić information content (AvgIpc) is 3.45. The fourth-order valence-corrected chi connectivity index (χ4v) is 6.24. The Morgan fingerprint density at radius 2 is 1.20 bits per heavy atom. The summed E-state index contributed by atoms with van der Waals surface area (Å²) in [7, 11) is 0. The smallest absolute Gasteiger partial charge is 0.121 e. The summed E-state index contributed by atoms with van der Waals surface area (Å²) >= 11 is 1.83. The van der Waals surface area contributed by atoms with Gasteiger partial charge in [-0.05, 0) is 55.4 Å². The Balaban J connectivity index is 1.88. The van der Waals surface area contributed by atoms with E-state index >= 15 is 0 Å². The predicted octanol–water partition coefficient (Wildman–Crippen LogP) is 8.71. The molecule has 1 fully saturated rings. The van der Waals surface area contributed by atoms with Gasteiger partial charge in [-0.3, -0.25) is 0 Å². The van der Waals surface area contributed by atoms with Crippen molar-refractivity contribution in [1.82, 2.24) is 0 Å². The molecule has 2 aromatic rings. The van der Waals surface area contributed by atoms with Crippen LogP contribution in [0.4, 0.5) is 0 Å². The minimum absolute atomic E-state index is 0.207. The van der Waals surface area contributed by atoms with Crippen LogP contribution in [-0.2, 0) is 36.5 Å². The van der Waals surface area contributed by atoms with Gasteiger partial charge < -0.3 is 23.7 Å². The first-order valence-corrected chi connectivity index (χ1v) is 17.2. The molecule has 5 nitrogen and oxygen atoms in total. The number of unbranched alkanes of at least 4 members (excludes halogenated alkanes) is 4. The van der Waals surface area contributed by atoms with Gasteiger partial charge in [0.2, 0.25) is 0 Å². The zero-order valence-corrected chi connectivity index (χ0v) is 27.2. The van der Waals surface area contributed by atoms with Crippen LogP contribution in [0.5, 0.6) is 0 Å². The van der Waals surface area contributed by atoms with E-state index in [-0.39, 0.29) is 30.5 Å². The van der Waals surface area contributed by atoms with Gasteiger partial charge in [0.15, 0.2) is 0 Å². The monoisotopic (exact) mass is 588 g/mol. The summed E-state index contributed by atoms with van der Waals surface area (Å²) in [5, 5.41) is 0. The summed E-state index contributed by atoms with van der Waals surface area (Å²) in [6.45, 7) is 14.3. The van der Waals surface area contributed by atoms with Gasteiger partial charge in [-0.15, -0.1) is 11.3 Å². The number of aryl methyl sites for hydroxylation is 1. The van der Waals surface area contributed by atoms with Gasteiger partial charge in [0.05, 0.1) is 6.61 Å². The fourth-order valence-electron chi connectivity index (χ4n) is 5.12. The highest BCUT2D eigenvalue weighted by Crippen LogP contribution is 2.40. The van der Waals surface area contributed by atoms with E-state index in [2.05, 4.69) is 71.0 Å². The molecule has 1 aliphatic rings. The van der Waals surface area contributed by atoms with Crippen LogP contribution in [0, 0.1) is 0 Å². The van der Waals surface area contributed by atoms with Crippen LogP contribution in [0.3, 0.4) is 0 Å². The van der Waals surface area contributed by atoms with Gasteiger partial charge in [0.25, 0.3) is 0 Å². The highest BCUT2D eigenvalue weighted by atomic mass is 32.1. The van der Waals surface area contributed by atoms with Crippen LogP contribution in [0.15, 0.2) is 36.4 Å². The van der Waals surface area contributed by atoms with Crippen molar-refractivity contribution >= 4 is 11.3 Å². The first-order valence-electron chi connectivity index (χ1n) is 16.4. The summed E-state index contributed by atoms with van der Waals surface area (Å²) in [5.74, 6) is 0. The summed E-state index contributed by atoms with van der Waals surface area (Å²) in [6.07, 6.45) is 9.37. The Labute approximate surface area is 254 Å². The van der Waals surface area contributed by atoms with E-state index in [1.54, 1.807) is 0 Å². The lowest BCUT2D eigenvalue weighted by atomic mass is 9.93. The lowest BCUT2D eigenvalue weighted by molar-refractivity contribution is -0.267. The minimum Gasteiger partial charge on any atom is -0.379 e. The molecule has 1 aromatic heterocycles. The topological polar surface area (TPSA) is 46.2 Å². The molecule has 1 aromatic carbocycles. The highest BCUT2D eigenvalue weighted by molar-refractivity contribution is 7.12. The van der Waals surface area contributed by atoms with Crippen molar-refractivity contribution in [1.29, 1.82) is 0 Å². The molecule has 41 heavy (non-hydrogen) atoms. The van der Waals surface area contributed by atoms with Gasteiger partial charge in [0.1, 0.15) is 30.5 Å². The SMILES string of the molecule is CCCCOC[C@H]1OC(c2ccc(Cc3ccc(CC)cc3)s2)[C@H](OCCCC)[C@@H](OCCCC)[C@@H]1OCCCC. The standard InChI is InChI=1S/C35H56O5S/c1-6-11-21-36-26-30-32(37-22-12-7-2)34(38-23-13-8-3)35(39-24-14-9-4)33(40-30)31-20-19-29(41-31)25-28-17-15-27(10-5)16-18-28/h15-20,30,32-35H,6-14,21-26H2,1-5H3/t30-,32-,33?,34+,35+/m1/s1. The third-order valence-corrected chi connectivity index (χ3v) is 8.90. The van der Waals surface area contributed by atoms with Gasteiger partial charge in [0, 0.05) is 42.6 Å². The minimum atomic E-state index is -0.229. The Morgan fingerprint density at radius 3 is 1.80 bits per heavy atom. The molecule has 0 N–H and O–H groups in total. The fraction of sp³-hybridized carbons (Fsp3) is 0.714. The predicted molar refractivity (Wildman–Crippen MR) is 170 cm³/mol. The van der Waals surface area contributed by atoms with Crippen molar-refractivity contribution in [2.45, 2.75) is 129 Å². The number of benzene rings is 1. The van der Waals surface area contributed by atoms with E-state index in [0.717, 1.165) is 70.8 Å². The number of thiophene rings is 1. The van der Waals surface area contributed by atoms with Crippen molar-refractivity contribution < 1.29 is 23.7 Å². The summed E-state index contributed by atoms with van der Waals surface area (Å²) in [6, 6.07) is 13.5. The molecule has 1 unspecified atom stereocenters. The van der Waals surface area contributed by atoms with Gasteiger partial charge in [-0.2, -0.15) is 0 Å². The van der Waals surface area contributed by atoms with Crippen LogP contribution in [0.1, 0.15) is 113 Å². The van der Waals surface area contributed by atoms with Crippen LogP contribution < -0.4 is 0 Å². The quantitative estimate of drug-likeness (QED) is 0.137. The average molecular weight is 589 g/mol. The molecular formula is C35H56O5S. The molecule has 1 saturated heterocycles. The zero-order valence-electron chi connectivity index (χ0n) is 26.4. The molecule has 0 bridgehead atoms. The number of ether oxygens (including phenoxy) is 5. The molecule has 2 heterocycles. The molecule has 0 aliphatic carbocycles. The Bertz CT molecular complexity index is 929. The lowest BCUT2D eigenvalue weighted by Crippen LogP contribution is -2.58. The third kappa shape index (κ3) is 11.1. The van der Waals surface area contributed by atoms with E-state index in [4.69, 9.17) is 23.7 Å². The van der Waals surface area contributed by atoms with Crippen LogP contribution in [-0.4, -0.2) is 57.5 Å². The Morgan fingerprint density at radius 1 is 0.634 bits per heavy atom. The number of rotatable bonds is 21. The summed E-state index contributed by atoms with van der Waals surface area (Å²) < 4.78 is 32.9. The molecule has 3 rings (SSSR count). The van der Waals surface area contributed by atoms with Crippen LogP contribution >= 0.6 is 11.3 Å². The van der Waals surface area contributed by atoms with Crippen molar-refractivity contribution in [3.8, 4) is 0 Å². The largest absolute Gasteiger partial charge is 0.379 e. The van der Waals surface area contributed by atoms with Crippen molar-refractivity contribution in [3.63, 3.8) is 0 Å². The van der Waals surface area contributed by atoms with Gasteiger partial charge in [-0.25, -0.2) is 0 Å². The van der Waals surface area contributed by atoms with E-state index in [0.29, 0.717) is 26.4 Å². The van der Waals surface area contributed by atoms with Crippen molar-refractivity contribution in [2.75, 3.05) is 33.0 Å². The maximum atomic E-state index is 6.93. The Kier molecular flexibility index (Phi) is 16.5. The maximum Gasteiger partial charge on any atom is 0.121 e. The first-order chi connectivity index (χ1) is 20.1. The third-order valence-electron chi connectivity index (χ3n) is 7.76. The molecule has 6 heteroatoms. The second-order valence-corrected chi connectivity index (χ2v) is 12.4. The lowest BCUT2D eigenvalue weighted by Gasteiger charge is -2.46. The molecule has 0 amide bonds. The highest BCUT2D eigenvalue weighted by Gasteiger charge is 2.49. The molecule has 1 aliphatic heterocycles. The van der Waals surface area contributed by atoms with Crippen molar-refractivity contribution in [3.05, 3.63) is 57.3 Å². The number of hydrogen-bond donors (Lipinski definition) is 0. The van der Waals surface area contributed by atoms with Crippen LogP contribution in [0.25, 0.3) is 0 Å². The van der Waals surface area contributed by atoms with Crippen molar-refractivity contribution in [2.24, 2.45) is 0 Å². The van der Waals surface area contributed by atoms with E-state index in [9.17, 15) is 0 Å². The molecule has 0 saturated carbocycles. The van der Waals surface area contributed by atoms with Gasteiger partial charge >= 0.3 is 0 Å². The molecule has 232 valence electrons. The molecule has 5 atom stereocenters. The van der Waals surface area contributed by atoms with E-state index in [1.807, 2.05) is 11.3 Å². The zero-order chi connectivity index (χ0) is 29.3. The molecule has 0 spiro atoms. The number of hydrogen-bond acceptors (Lipinski definition) is 6. The van der Waals surface area contributed by atoms with E-state index in [1.165, 1.54) is 20.9 Å². The van der Waals surface area contributed by atoms with E-state index < -0.39 is 0 Å². The van der Waals surface area contributed by atoms with Gasteiger partial charge in [-0.1, -0.05) is 84.6 Å². The molecule has 0 radical (unpaired) electrons. The second-order valence-electron chi connectivity index (χ2n) is 11.2.